The van der Waals surface area contributed by atoms with Crippen LogP contribution in [0.5, 0.6) is 0 Å². The summed E-state index contributed by atoms with van der Waals surface area (Å²) < 4.78 is 5.09. The van der Waals surface area contributed by atoms with Crippen molar-refractivity contribution in [2.45, 2.75) is 47.1 Å². The molecule has 2 heterocycles. The highest BCUT2D eigenvalue weighted by Gasteiger charge is 2.26. The standard InChI is InChI=1S/C22H27N3O4/c1-6-29-22(28)19-12(2)20(24-13(19)3)21(27)14(4)23-17-7-8-18-16(11-17)9-10-25(18)15(5)26/h7-8,11,14,23-24H,6,9-10H2,1-5H3/t14-/m0/s1. The highest BCUT2D eigenvalue weighted by atomic mass is 16.5. The third-order valence-corrected chi connectivity index (χ3v) is 5.30. The van der Waals surface area contributed by atoms with E-state index in [0.717, 1.165) is 23.4 Å². The first-order valence-electron chi connectivity index (χ1n) is 9.82. The van der Waals surface area contributed by atoms with E-state index in [9.17, 15) is 14.4 Å². The lowest BCUT2D eigenvalue weighted by molar-refractivity contribution is -0.116. The number of carbonyl (C=O) groups is 3. The zero-order chi connectivity index (χ0) is 21.3. The van der Waals surface area contributed by atoms with Crippen LogP contribution in [0.3, 0.4) is 0 Å². The van der Waals surface area contributed by atoms with E-state index in [1.807, 2.05) is 18.2 Å². The number of hydrogen-bond donors (Lipinski definition) is 2. The molecule has 1 amide bonds. The van der Waals surface area contributed by atoms with Crippen LogP contribution in [0.15, 0.2) is 18.2 Å². The minimum Gasteiger partial charge on any atom is -0.462 e. The Morgan fingerprint density at radius 1 is 1.28 bits per heavy atom. The first-order chi connectivity index (χ1) is 13.7. The molecule has 0 saturated heterocycles. The lowest BCUT2D eigenvalue weighted by Gasteiger charge is -2.17. The van der Waals surface area contributed by atoms with Gasteiger partial charge in [-0.3, -0.25) is 9.59 Å². The Balaban J connectivity index is 1.78. The molecule has 1 atom stereocenters. The topological polar surface area (TPSA) is 91.5 Å². The van der Waals surface area contributed by atoms with Crippen LogP contribution in [0.4, 0.5) is 11.4 Å². The van der Waals surface area contributed by atoms with Crippen molar-refractivity contribution in [1.29, 1.82) is 0 Å². The van der Waals surface area contributed by atoms with Crippen LogP contribution in [-0.2, 0) is 16.0 Å². The van der Waals surface area contributed by atoms with Crippen molar-refractivity contribution in [1.82, 2.24) is 4.98 Å². The van der Waals surface area contributed by atoms with Crippen molar-refractivity contribution in [2.24, 2.45) is 0 Å². The molecule has 0 radical (unpaired) electrons. The van der Waals surface area contributed by atoms with Crippen LogP contribution in [0, 0.1) is 13.8 Å². The SMILES string of the molecule is CCOC(=O)c1c(C)[nH]c(C(=O)[C@H](C)Nc2ccc3c(c2)CCN3C(C)=O)c1C. The van der Waals surface area contributed by atoms with E-state index in [0.29, 0.717) is 29.1 Å². The minimum atomic E-state index is -0.495. The van der Waals surface area contributed by atoms with E-state index < -0.39 is 12.0 Å². The summed E-state index contributed by atoms with van der Waals surface area (Å²) in [7, 11) is 0. The molecular weight excluding hydrogens is 370 g/mol. The zero-order valence-electron chi connectivity index (χ0n) is 17.5. The molecule has 2 N–H and O–H groups in total. The largest absolute Gasteiger partial charge is 0.462 e. The Morgan fingerprint density at radius 2 is 2.00 bits per heavy atom. The maximum Gasteiger partial charge on any atom is 0.340 e. The summed E-state index contributed by atoms with van der Waals surface area (Å²) in [4.78, 5) is 41.7. The Bertz CT molecular complexity index is 977. The number of hydrogen-bond acceptors (Lipinski definition) is 5. The molecular formula is C22H27N3O4. The van der Waals surface area contributed by atoms with Gasteiger partial charge in [0.25, 0.3) is 0 Å². The Labute approximate surface area is 170 Å². The number of ketones is 1. The smallest absolute Gasteiger partial charge is 0.340 e. The number of rotatable bonds is 6. The van der Waals surface area contributed by atoms with Gasteiger partial charge in [0.1, 0.15) is 0 Å². The molecule has 0 fully saturated rings. The average molecular weight is 397 g/mol. The van der Waals surface area contributed by atoms with Gasteiger partial charge in [-0.15, -0.1) is 0 Å². The fraction of sp³-hybridized carbons (Fsp3) is 0.409. The second kappa shape index (κ2) is 8.11. The van der Waals surface area contributed by atoms with Gasteiger partial charge in [0.05, 0.1) is 23.9 Å². The van der Waals surface area contributed by atoms with Gasteiger partial charge in [-0.25, -0.2) is 4.79 Å². The molecule has 1 aromatic carbocycles. The quantitative estimate of drug-likeness (QED) is 0.576. The minimum absolute atomic E-state index is 0.0306. The van der Waals surface area contributed by atoms with E-state index in [-0.39, 0.29) is 18.3 Å². The fourth-order valence-electron chi connectivity index (χ4n) is 3.86. The molecule has 2 aromatic rings. The number of nitrogens with zero attached hydrogens (tertiary/aromatic N) is 1. The van der Waals surface area contributed by atoms with E-state index >= 15 is 0 Å². The molecule has 7 heteroatoms. The zero-order valence-corrected chi connectivity index (χ0v) is 17.5. The van der Waals surface area contributed by atoms with Crippen molar-refractivity contribution < 1.29 is 19.1 Å². The predicted octanol–water partition coefficient (Wildman–Crippen LogP) is 3.40. The monoisotopic (exact) mass is 397 g/mol. The van der Waals surface area contributed by atoms with E-state index in [4.69, 9.17) is 4.74 Å². The second-order valence-corrected chi connectivity index (χ2v) is 7.34. The number of H-pyrrole nitrogens is 1. The second-order valence-electron chi connectivity index (χ2n) is 7.34. The highest BCUT2D eigenvalue weighted by molar-refractivity contribution is 6.05. The molecule has 154 valence electrons. The number of fused-ring (bicyclic) bond motifs is 1. The summed E-state index contributed by atoms with van der Waals surface area (Å²) in [5, 5.41) is 3.24. The van der Waals surface area contributed by atoms with Crippen molar-refractivity contribution >= 4 is 29.0 Å². The molecule has 1 aliphatic rings. The third-order valence-electron chi connectivity index (χ3n) is 5.30. The van der Waals surface area contributed by atoms with Crippen molar-refractivity contribution in [3.05, 3.63) is 46.3 Å². The molecule has 0 saturated carbocycles. The number of benzene rings is 1. The number of amides is 1. The molecule has 0 spiro atoms. The number of carbonyl (C=O) groups excluding carboxylic acids is 3. The van der Waals surface area contributed by atoms with Crippen molar-refractivity contribution in [3.63, 3.8) is 0 Å². The molecule has 0 bridgehead atoms. The number of esters is 1. The number of nitrogens with one attached hydrogen (secondary N) is 2. The average Bonchev–Trinajstić information content (AvgIpc) is 3.21. The Morgan fingerprint density at radius 3 is 2.66 bits per heavy atom. The summed E-state index contributed by atoms with van der Waals surface area (Å²) in [6, 6.07) is 5.27. The van der Waals surface area contributed by atoms with Gasteiger partial charge in [-0.2, -0.15) is 0 Å². The van der Waals surface area contributed by atoms with Gasteiger partial charge in [0, 0.05) is 30.5 Å². The van der Waals surface area contributed by atoms with Crippen LogP contribution in [0.2, 0.25) is 0 Å². The van der Waals surface area contributed by atoms with E-state index in [1.165, 1.54) is 0 Å². The highest BCUT2D eigenvalue weighted by Crippen LogP contribution is 2.31. The lowest BCUT2D eigenvalue weighted by atomic mass is 10.0. The first kappa shape index (κ1) is 20.6. The van der Waals surface area contributed by atoms with E-state index in [1.54, 1.807) is 39.5 Å². The molecule has 7 nitrogen and oxygen atoms in total. The number of ether oxygens (including phenoxy) is 1. The van der Waals surface area contributed by atoms with Crippen LogP contribution < -0.4 is 10.2 Å². The van der Waals surface area contributed by atoms with E-state index in [2.05, 4.69) is 10.3 Å². The maximum absolute atomic E-state index is 13.0. The van der Waals surface area contributed by atoms with Gasteiger partial charge >= 0.3 is 5.97 Å². The molecule has 29 heavy (non-hydrogen) atoms. The van der Waals surface area contributed by atoms with Gasteiger partial charge in [0.15, 0.2) is 0 Å². The number of aromatic amines is 1. The lowest BCUT2D eigenvalue weighted by Crippen LogP contribution is -2.27. The number of aromatic nitrogens is 1. The normalized spacial score (nSPS) is 13.8. The predicted molar refractivity (Wildman–Crippen MR) is 112 cm³/mol. The first-order valence-corrected chi connectivity index (χ1v) is 9.82. The Kier molecular flexibility index (Phi) is 5.77. The van der Waals surface area contributed by atoms with Gasteiger partial charge in [0.2, 0.25) is 11.7 Å². The van der Waals surface area contributed by atoms with Crippen molar-refractivity contribution in [3.8, 4) is 0 Å². The number of anilines is 2. The summed E-state index contributed by atoms with van der Waals surface area (Å²) in [5.74, 6) is -0.526. The maximum atomic E-state index is 13.0. The fourth-order valence-corrected chi connectivity index (χ4v) is 3.86. The molecule has 0 unspecified atom stereocenters. The van der Waals surface area contributed by atoms with Gasteiger partial charge in [-0.05, 0) is 63.4 Å². The summed E-state index contributed by atoms with van der Waals surface area (Å²) in [6.45, 7) is 9.57. The summed E-state index contributed by atoms with van der Waals surface area (Å²) in [6.07, 6.45) is 0.796. The number of aryl methyl sites for hydroxylation is 1. The summed E-state index contributed by atoms with van der Waals surface area (Å²) in [5.41, 5.74) is 4.89. The van der Waals surface area contributed by atoms with Crippen molar-refractivity contribution in [2.75, 3.05) is 23.4 Å². The van der Waals surface area contributed by atoms with Crippen LogP contribution in [0.1, 0.15) is 58.4 Å². The Hall–Kier alpha value is -3.09. The third kappa shape index (κ3) is 3.90. The molecule has 0 aliphatic carbocycles. The molecule has 1 aromatic heterocycles. The molecule has 3 rings (SSSR count). The van der Waals surface area contributed by atoms with Gasteiger partial charge < -0.3 is 19.9 Å². The van der Waals surface area contributed by atoms with Gasteiger partial charge in [-0.1, -0.05) is 0 Å². The summed E-state index contributed by atoms with van der Waals surface area (Å²) >= 11 is 0. The van der Waals surface area contributed by atoms with Crippen LogP contribution >= 0.6 is 0 Å². The van der Waals surface area contributed by atoms with Crippen LogP contribution in [-0.4, -0.2) is 41.8 Å². The number of Topliss-reactive ketones (excluding diaryl/α,β-unsaturated/α-hetero) is 1. The molecule has 1 aliphatic heterocycles. The van der Waals surface area contributed by atoms with Crippen LogP contribution in [0.25, 0.3) is 0 Å².